The van der Waals surface area contributed by atoms with Crippen molar-refractivity contribution in [2.45, 2.75) is 33.0 Å². The van der Waals surface area contributed by atoms with Crippen LogP contribution in [0.2, 0.25) is 0 Å². The van der Waals surface area contributed by atoms with Gasteiger partial charge in [-0.1, -0.05) is 13.8 Å². The van der Waals surface area contributed by atoms with Crippen molar-refractivity contribution in [3.8, 4) is 0 Å². The van der Waals surface area contributed by atoms with Gasteiger partial charge in [-0.25, -0.2) is 9.78 Å². The summed E-state index contributed by atoms with van der Waals surface area (Å²) in [7, 11) is 0. The van der Waals surface area contributed by atoms with Gasteiger partial charge in [-0.15, -0.1) is 0 Å². The van der Waals surface area contributed by atoms with Crippen LogP contribution >= 0.6 is 0 Å². The van der Waals surface area contributed by atoms with Gasteiger partial charge in [-0.2, -0.15) is 13.2 Å². The van der Waals surface area contributed by atoms with Gasteiger partial charge in [-0.3, -0.25) is 0 Å². The van der Waals surface area contributed by atoms with Crippen LogP contribution < -0.4 is 0 Å². The van der Waals surface area contributed by atoms with Crippen LogP contribution in [0.15, 0.2) is 18.2 Å². The number of carboxylic acid groups (broad SMARTS) is 1. The molecule has 1 aromatic carbocycles. The standard InChI is InChI=1S/C14H15F3N2O2/c1-7(2)8(3)19-11-5-4-9(12(20)21)6-10(11)18-13(19)14(15,16)17/h4-8H,1-3H3,(H,20,21). The SMILES string of the molecule is CC(C)C(C)n1c(C(F)(F)F)nc2cc(C(=O)O)ccc21. The van der Waals surface area contributed by atoms with Gasteiger partial charge in [0.15, 0.2) is 0 Å². The average molecular weight is 300 g/mol. The molecule has 0 bridgehead atoms. The first-order valence-corrected chi connectivity index (χ1v) is 6.45. The quantitative estimate of drug-likeness (QED) is 0.933. The second-order valence-electron chi connectivity index (χ2n) is 5.30. The molecule has 7 heteroatoms. The van der Waals surface area contributed by atoms with E-state index in [1.807, 2.05) is 13.8 Å². The molecule has 0 amide bonds. The predicted molar refractivity (Wildman–Crippen MR) is 71.2 cm³/mol. The maximum Gasteiger partial charge on any atom is 0.449 e. The summed E-state index contributed by atoms with van der Waals surface area (Å²) < 4.78 is 40.6. The highest BCUT2D eigenvalue weighted by Crippen LogP contribution is 2.35. The molecular weight excluding hydrogens is 285 g/mol. The van der Waals surface area contributed by atoms with Crippen molar-refractivity contribution in [1.82, 2.24) is 9.55 Å². The van der Waals surface area contributed by atoms with Gasteiger partial charge in [0.2, 0.25) is 5.82 Å². The zero-order valence-corrected chi connectivity index (χ0v) is 11.8. The molecule has 4 nitrogen and oxygen atoms in total. The lowest BCUT2D eigenvalue weighted by atomic mass is 10.1. The van der Waals surface area contributed by atoms with Gasteiger partial charge < -0.3 is 9.67 Å². The Hall–Kier alpha value is -2.05. The molecular formula is C14H15F3N2O2. The largest absolute Gasteiger partial charge is 0.478 e. The molecule has 1 heterocycles. The van der Waals surface area contributed by atoms with E-state index in [2.05, 4.69) is 4.98 Å². The molecule has 2 aromatic rings. The third kappa shape index (κ3) is 2.72. The number of imidazole rings is 1. The summed E-state index contributed by atoms with van der Waals surface area (Å²) in [6, 6.07) is 3.41. The second kappa shape index (κ2) is 5.05. The molecule has 1 aromatic heterocycles. The number of rotatable bonds is 3. The van der Waals surface area contributed by atoms with Gasteiger partial charge in [0, 0.05) is 6.04 Å². The molecule has 0 saturated heterocycles. The van der Waals surface area contributed by atoms with Crippen LogP contribution in [0.3, 0.4) is 0 Å². The van der Waals surface area contributed by atoms with Crippen molar-refractivity contribution in [3.63, 3.8) is 0 Å². The molecule has 0 aliphatic carbocycles. The molecule has 0 radical (unpaired) electrons. The molecule has 1 unspecified atom stereocenters. The van der Waals surface area contributed by atoms with Gasteiger partial charge in [0.05, 0.1) is 16.6 Å². The number of carboxylic acids is 1. The first-order chi connectivity index (χ1) is 9.62. The van der Waals surface area contributed by atoms with Gasteiger partial charge >= 0.3 is 12.1 Å². The third-order valence-corrected chi connectivity index (χ3v) is 3.56. The predicted octanol–water partition coefficient (Wildman–Crippen LogP) is 3.97. The maximum atomic E-state index is 13.2. The van der Waals surface area contributed by atoms with E-state index in [0.29, 0.717) is 0 Å². The number of halogens is 3. The Kier molecular flexibility index (Phi) is 3.69. The van der Waals surface area contributed by atoms with E-state index in [9.17, 15) is 18.0 Å². The van der Waals surface area contributed by atoms with Crippen molar-refractivity contribution >= 4 is 17.0 Å². The van der Waals surface area contributed by atoms with Crippen LogP contribution in [0.4, 0.5) is 13.2 Å². The number of aromatic nitrogens is 2. The van der Waals surface area contributed by atoms with E-state index >= 15 is 0 Å². The Morgan fingerprint density at radius 2 is 1.90 bits per heavy atom. The third-order valence-electron chi connectivity index (χ3n) is 3.56. The number of nitrogens with zero attached hydrogens (tertiary/aromatic N) is 2. The van der Waals surface area contributed by atoms with Crippen molar-refractivity contribution in [2.75, 3.05) is 0 Å². The fourth-order valence-electron chi connectivity index (χ4n) is 2.14. The molecule has 21 heavy (non-hydrogen) atoms. The van der Waals surface area contributed by atoms with Crippen LogP contribution in [-0.4, -0.2) is 20.6 Å². The summed E-state index contributed by atoms with van der Waals surface area (Å²) in [5, 5.41) is 8.92. The lowest BCUT2D eigenvalue weighted by Crippen LogP contribution is -2.20. The topological polar surface area (TPSA) is 55.1 Å². The molecule has 2 rings (SSSR count). The van der Waals surface area contributed by atoms with Crippen molar-refractivity contribution < 1.29 is 23.1 Å². The summed E-state index contributed by atoms with van der Waals surface area (Å²) in [6.45, 7) is 5.33. The van der Waals surface area contributed by atoms with Crippen molar-refractivity contribution in [2.24, 2.45) is 5.92 Å². The van der Waals surface area contributed by atoms with E-state index in [4.69, 9.17) is 5.11 Å². The lowest BCUT2D eigenvalue weighted by molar-refractivity contribution is -0.147. The molecule has 114 valence electrons. The van der Waals surface area contributed by atoms with E-state index in [1.54, 1.807) is 6.92 Å². The number of alkyl halides is 3. The number of hydrogen-bond donors (Lipinski definition) is 1. The Labute approximate surface area is 119 Å². The first kappa shape index (κ1) is 15.3. The zero-order chi connectivity index (χ0) is 15.9. The van der Waals surface area contributed by atoms with Crippen molar-refractivity contribution in [3.05, 3.63) is 29.6 Å². The molecule has 0 aliphatic heterocycles. The number of carbonyl (C=O) groups is 1. The summed E-state index contributed by atoms with van der Waals surface area (Å²) in [5.74, 6) is -2.22. The number of benzene rings is 1. The van der Waals surface area contributed by atoms with Crippen LogP contribution in [0.5, 0.6) is 0 Å². The van der Waals surface area contributed by atoms with E-state index < -0.39 is 24.0 Å². The van der Waals surface area contributed by atoms with Crippen LogP contribution in [0, 0.1) is 5.92 Å². The summed E-state index contributed by atoms with van der Waals surface area (Å²) in [5.41, 5.74) is 0.237. The molecule has 0 fully saturated rings. The normalized spacial score (nSPS) is 13.9. The molecule has 0 saturated carbocycles. The summed E-state index contributed by atoms with van der Waals surface area (Å²) >= 11 is 0. The van der Waals surface area contributed by atoms with E-state index in [0.717, 1.165) is 10.6 Å². The number of hydrogen-bond acceptors (Lipinski definition) is 2. The minimum absolute atomic E-state index is 0.0253. The fraction of sp³-hybridized carbons (Fsp3) is 0.429. The minimum Gasteiger partial charge on any atom is -0.478 e. The average Bonchev–Trinajstić information content (AvgIpc) is 2.75. The monoisotopic (exact) mass is 300 g/mol. The molecule has 1 atom stereocenters. The first-order valence-electron chi connectivity index (χ1n) is 6.45. The highest BCUT2D eigenvalue weighted by molar-refractivity contribution is 5.92. The van der Waals surface area contributed by atoms with Crippen LogP contribution in [0.1, 0.15) is 43.0 Å². The van der Waals surface area contributed by atoms with Crippen molar-refractivity contribution in [1.29, 1.82) is 0 Å². The fourth-order valence-corrected chi connectivity index (χ4v) is 2.14. The Balaban J connectivity index is 2.76. The van der Waals surface area contributed by atoms with Gasteiger partial charge in [-0.05, 0) is 31.0 Å². The summed E-state index contributed by atoms with van der Waals surface area (Å²) in [4.78, 5) is 14.5. The second-order valence-corrected chi connectivity index (χ2v) is 5.30. The Morgan fingerprint density at radius 3 is 2.38 bits per heavy atom. The zero-order valence-electron chi connectivity index (χ0n) is 11.8. The van der Waals surface area contributed by atoms with E-state index in [1.165, 1.54) is 12.1 Å². The lowest BCUT2D eigenvalue weighted by Gasteiger charge is -2.21. The number of aromatic carboxylic acids is 1. The molecule has 0 aliphatic rings. The number of fused-ring (bicyclic) bond motifs is 1. The molecule has 0 spiro atoms. The van der Waals surface area contributed by atoms with Gasteiger partial charge in [0.1, 0.15) is 0 Å². The highest BCUT2D eigenvalue weighted by atomic mass is 19.4. The van der Waals surface area contributed by atoms with Crippen LogP contribution in [0.25, 0.3) is 11.0 Å². The summed E-state index contributed by atoms with van der Waals surface area (Å²) in [6.07, 6.45) is -4.59. The smallest absolute Gasteiger partial charge is 0.449 e. The van der Waals surface area contributed by atoms with E-state index in [-0.39, 0.29) is 22.5 Å². The Bertz CT molecular complexity index is 689. The maximum absolute atomic E-state index is 13.2. The van der Waals surface area contributed by atoms with Gasteiger partial charge in [0.25, 0.3) is 0 Å². The van der Waals surface area contributed by atoms with Crippen LogP contribution in [-0.2, 0) is 6.18 Å². The molecule has 1 N–H and O–H groups in total. The Morgan fingerprint density at radius 1 is 1.29 bits per heavy atom. The minimum atomic E-state index is -4.59. The highest BCUT2D eigenvalue weighted by Gasteiger charge is 2.39.